The Labute approximate surface area is 98.8 Å². The van der Waals surface area contributed by atoms with Crippen molar-refractivity contribution in [3.63, 3.8) is 0 Å². The zero-order chi connectivity index (χ0) is 11.8. The van der Waals surface area contributed by atoms with Crippen LogP contribution in [0, 0.1) is 5.92 Å². The number of nitrogens with one attached hydrogen (secondary N) is 1. The van der Waals surface area contributed by atoms with Crippen molar-refractivity contribution in [2.24, 2.45) is 5.92 Å². The Hall–Kier alpha value is -1.62. The van der Waals surface area contributed by atoms with Crippen molar-refractivity contribution >= 4 is 5.91 Å². The van der Waals surface area contributed by atoms with E-state index in [1.54, 1.807) is 0 Å². The van der Waals surface area contributed by atoms with E-state index >= 15 is 0 Å². The molecule has 1 aliphatic carbocycles. The molecule has 5 nitrogen and oxygen atoms in total. The van der Waals surface area contributed by atoms with E-state index in [-0.39, 0.29) is 23.3 Å². The Bertz CT molecular complexity index is 449. The monoisotopic (exact) mass is 234 g/mol. The highest BCUT2D eigenvalue weighted by Gasteiger charge is 2.45. The molecule has 17 heavy (non-hydrogen) atoms. The summed E-state index contributed by atoms with van der Waals surface area (Å²) in [6.07, 6.45) is 4.99. The van der Waals surface area contributed by atoms with Crippen LogP contribution < -0.4 is 5.32 Å². The van der Waals surface area contributed by atoms with E-state index < -0.39 is 0 Å². The number of aromatic nitrogens is 1. The third-order valence-electron chi connectivity index (χ3n) is 3.62. The third-order valence-corrected chi connectivity index (χ3v) is 3.62. The van der Waals surface area contributed by atoms with Crippen LogP contribution in [0.15, 0.2) is 18.5 Å². The van der Waals surface area contributed by atoms with Gasteiger partial charge in [0.1, 0.15) is 5.75 Å². The minimum absolute atomic E-state index is 0.0801. The molecule has 2 aliphatic rings. The lowest BCUT2D eigenvalue weighted by Gasteiger charge is -2.39. The molecule has 0 aromatic carbocycles. The van der Waals surface area contributed by atoms with Gasteiger partial charge in [-0.3, -0.25) is 9.78 Å². The quantitative estimate of drug-likeness (QED) is 0.790. The number of ether oxygens (including phenoxy) is 1. The average molecular weight is 234 g/mol. The molecule has 0 spiro atoms. The number of hydrogen-bond acceptors (Lipinski definition) is 4. The highest BCUT2D eigenvalue weighted by Crippen LogP contribution is 2.38. The van der Waals surface area contributed by atoms with Gasteiger partial charge in [0.15, 0.2) is 0 Å². The lowest BCUT2D eigenvalue weighted by atomic mass is 9.76. The molecule has 0 unspecified atom stereocenters. The molecule has 0 bridgehead atoms. The van der Waals surface area contributed by atoms with E-state index in [4.69, 9.17) is 4.74 Å². The second kappa shape index (κ2) is 4.00. The van der Waals surface area contributed by atoms with Gasteiger partial charge in [0.2, 0.25) is 0 Å². The Morgan fingerprint density at radius 2 is 2.47 bits per heavy atom. The van der Waals surface area contributed by atoms with Gasteiger partial charge in [0.25, 0.3) is 5.91 Å². The zero-order valence-electron chi connectivity index (χ0n) is 9.30. The topological polar surface area (TPSA) is 71.5 Å². The Morgan fingerprint density at radius 1 is 1.59 bits per heavy atom. The van der Waals surface area contributed by atoms with Gasteiger partial charge in [-0.05, 0) is 18.9 Å². The van der Waals surface area contributed by atoms with Gasteiger partial charge >= 0.3 is 0 Å². The van der Waals surface area contributed by atoms with Crippen LogP contribution in [-0.4, -0.2) is 34.8 Å². The van der Waals surface area contributed by atoms with Gasteiger partial charge in [0, 0.05) is 24.8 Å². The molecule has 1 saturated heterocycles. The lowest BCUT2D eigenvalue weighted by molar-refractivity contribution is 0.00807. The number of hydrogen-bond donors (Lipinski definition) is 2. The number of carbonyl (C=O) groups is 1. The molecule has 2 N–H and O–H groups in total. The van der Waals surface area contributed by atoms with E-state index in [1.807, 2.05) is 0 Å². The van der Waals surface area contributed by atoms with Gasteiger partial charge in [0.05, 0.1) is 17.9 Å². The fourth-order valence-corrected chi connectivity index (χ4v) is 2.59. The first-order valence-corrected chi connectivity index (χ1v) is 5.81. The largest absolute Gasteiger partial charge is 0.505 e. The smallest absolute Gasteiger partial charge is 0.255 e. The predicted molar refractivity (Wildman–Crippen MR) is 59.6 cm³/mol. The molecule has 1 aromatic heterocycles. The molecule has 3 rings (SSSR count). The molecule has 1 aromatic rings. The maximum absolute atomic E-state index is 11.9. The minimum atomic E-state index is -0.236. The summed E-state index contributed by atoms with van der Waals surface area (Å²) in [7, 11) is 0. The van der Waals surface area contributed by atoms with Gasteiger partial charge in [-0.15, -0.1) is 0 Å². The summed E-state index contributed by atoms with van der Waals surface area (Å²) in [5, 5.41) is 12.5. The van der Waals surface area contributed by atoms with Gasteiger partial charge < -0.3 is 15.2 Å². The SMILES string of the molecule is O=C(N[C@@H]1C[C@@H]2OCC[C@@H]21)c1ccncc1O. The Balaban J connectivity index is 1.66. The number of rotatable bonds is 2. The molecule has 1 aliphatic heterocycles. The molecular formula is C12H14N2O3. The van der Waals surface area contributed by atoms with Crippen molar-refractivity contribution in [1.82, 2.24) is 10.3 Å². The first-order valence-electron chi connectivity index (χ1n) is 5.81. The first kappa shape index (κ1) is 10.5. The average Bonchev–Trinajstić information content (AvgIpc) is 2.68. The van der Waals surface area contributed by atoms with Crippen LogP contribution in [0.2, 0.25) is 0 Å². The highest BCUT2D eigenvalue weighted by molar-refractivity contribution is 5.96. The molecular weight excluding hydrogens is 220 g/mol. The summed E-state index contributed by atoms with van der Waals surface area (Å²) in [6.45, 7) is 0.794. The number of aromatic hydroxyl groups is 1. The maximum Gasteiger partial charge on any atom is 0.255 e. The first-order chi connectivity index (χ1) is 8.25. The van der Waals surface area contributed by atoms with Crippen LogP contribution in [0.4, 0.5) is 0 Å². The molecule has 5 heteroatoms. The standard InChI is InChI=1S/C12H14N2O3/c15-10-6-13-3-1-8(10)12(16)14-9-5-11-7(9)2-4-17-11/h1,3,6-7,9,11,15H,2,4-5H2,(H,14,16)/t7-,9-,11+/m1/s1. The van der Waals surface area contributed by atoms with E-state index in [0.29, 0.717) is 12.0 Å². The van der Waals surface area contributed by atoms with Crippen LogP contribution in [0.5, 0.6) is 5.75 Å². The number of carbonyl (C=O) groups excluding carboxylic acids is 1. The van der Waals surface area contributed by atoms with Crippen LogP contribution in [-0.2, 0) is 4.74 Å². The third kappa shape index (κ3) is 1.76. The molecule has 90 valence electrons. The second-order valence-corrected chi connectivity index (χ2v) is 4.57. The van der Waals surface area contributed by atoms with Gasteiger partial charge in [-0.1, -0.05) is 0 Å². The summed E-state index contributed by atoms with van der Waals surface area (Å²) in [6, 6.07) is 1.70. The molecule has 3 atom stereocenters. The van der Waals surface area contributed by atoms with Crippen LogP contribution in [0.3, 0.4) is 0 Å². The van der Waals surface area contributed by atoms with Crippen LogP contribution >= 0.6 is 0 Å². The molecule has 1 saturated carbocycles. The van der Waals surface area contributed by atoms with E-state index in [1.165, 1.54) is 18.5 Å². The van der Waals surface area contributed by atoms with Crippen molar-refractivity contribution in [3.05, 3.63) is 24.0 Å². The van der Waals surface area contributed by atoms with E-state index in [9.17, 15) is 9.90 Å². The van der Waals surface area contributed by atoms with Crippen molar-refractivity contribution in [2.45, 2.75) is 25.0 Å². The predicted octanol–water partition coefficient (Wildman–Crippen LogP) is 0.694. The summed E-state index contributed by atoms with van der Waals surface area (Å²) >= 11 is 0. The normalized spacial score (nSPS) is 30.5. The Kier molecular flexibility index (Phi) is 2.48. The Morgan fingerprint density at radius 3 is 3.24 bits per heavy atom. The minimum Gasteiger partial charge on any atom is -0.505 e. The highest BCUT2D eigenvalue weighted by atomic mass is 16.5. The fraction of sp³-hybridized carbons (Fsp3) is 0.500. The van der Waals surface area contributed by atoms with Crippen LogP contribution in [0.25, 0.3) is 0 Å². The van der Waals surface area contributed by atoms with Crippen molar-refractivity contribution in [3.8, 4) is 5.75 Å². The molecule has 2 heterocycles. The summed E-state index contributed by atoms with van der Waals surface area (Å²) in [5.74, 6) is 0.131. The maximum atomic E-state index is 11.9. The number of pyridine rings is 1. The zero-order valence-corrected chi connectivity index (χ0v) is 9.30. The summed E-state index contributed by atoms with van der Waals surface area (Å²) in [4.78, 5) is 15.7. The number of nitrogens with zero attached hydrogens (tertiary/aromatic N) is 1. The van der Waals surface area contributed by atoms with Crippen molar-refractivity contribution < 1.29 is 14.6 Å². The lowest BCUT2D eigenvalue weighted by Crippen LogP contribution is -2.53. The molecule has 0 radical (unpaired) electrons. The fourth-order valence-electron chi connectivity index (χ4n) is 2.59. The molecule has 1 amide bonds. The molecule has 2 fully saturated rings. The van der Waals surface area contributed by atoms with Gasteiger partial charge in [-0.25, -0.2) is 0 Å². The summed E-state index contributed by atoms with van der Waals surface area (Å²) < 4.78 is 5.48. The van der Waals surface area contributed by atoms with Crippen molar-refractivity contribution in [2.75, 3.05) is 6.61 Å². The van der Waals surface area contributed by atoms with E-state index in [2.05, 4.69) is 10.3 Å². The second-order valence-electron chi connectivity index (χ2n) is 4.57. The van der Waals surface area contributed by atoms with Crippen molar-refractivity contribution in [1.29, 1.82) is 0 Å². The number of amides is 1. The summed E-state index contributed by atoms with van der Waals surface area (Å²) in [5.41, 5.74) is 0.280. The van der Waals surface area contributed by atoms with E-state index in [0.717, 1.165) is 19.4 Å². The number of fused-ring (bicyclic) bond motifs is 1. The van der Waals surface area contributed by atoms with Crippen LogP contribution in [0.1, 0.15) is 23.2 Å². The van der Waals surface area contributed by atoms with Gasteiger partial charge in [-0.2, -0.15) is 0 Å².